The average molecular weight is 331 g/mol. The maximum absolute atomic E-state index is 12.0. The Morgan fingerprint density at radius 1 is 1.25 bits per heavy atom. The molecule has 2 rings (SSSR count). The van der Waals surface area contributed by atoms with Crippen LogP contribution in [0.25, 0.3) is 0 Å². The van der Waals surface area contributed by atoms with Gasteiger partial charge in [-0.3, -0.25) is 4.79 Å². The van der Waals surface area contributed by atoms with Crippen LogP contribution in [-0.4, -0.2) is 30.6 Å². The van der Waals surface area contributed by atoms with Gasteiger partial charge in [0, 0.05) is 19.0 Å². The molecule has 128 valence electrons. The molecule has 6 nitrogen and oxygen atoms in total. The minimum atomic E-state index is -1.09. The number of hydrogen-bond donors (Lipinski definition) is 2. The molecule has 0 aliphatic rings. The van der Waals surface area contributed by atoms with Crippen molar-refractivity contribution in [3.63, 3.8) is 0 Å². The van der Waals surface area contributed by atoms with Gasteiger partial charge < -0.3 is 19.6 Å². The minimum absolute atomic E-state index is 0.0358. The van der Waals surface area contributed by atoms with Crippen LogP contribution in [0.1, 0.15) is 45.6 Å². The second-order valence-corrected chi connectivity index (χ2v) is 5.31. The molecule has 0 saturated carbocycles. The van der Waals surface area contributed by atoms with Crippen LogP contribution >= 0.6 is 0 Å². The number of ether oxygens (including phenoxy) is 1. The van der Waals surface area contributed by atoms with Crippen LogP contribution in [-0.2, 0) is 12.8 Å². The lowest BCUT2D eigenvalue weighted by Gasteiger charge is -2.05. The zero-order valence-electron chi connectivity index (χ0n) is 13.8. The van der Waals surface area contributed by atoms with E-state index in [4.69, 9.17) is 14.3 Å². The van der Waals surface area contributed by atoms with E-state index in [2.05, 4.69) is 5.32 Å². The molecule has 0 unspecified atom stereocenters. The molecule has 1 aromatic heterocycles. The number of carbonyl (C=O) groups excluding carboxylic acids is 1. The van der Waals surface area contributed by atoms with Crippen LogP contribution in [0.5, 0.6) is 5.75 Å². The van der Waals surface area contributed by atoms with E-state index >= 15 is 0 Å². The summed E-state index contributed by atoms with van der Waals surface area (Å²) in [4.78, 5) is 23.1. The van der Waals surface area contributed by atoms with Crippen LogP contribution in [0.2, 0.25) is 0 Å². The fourth-order valence-corrected chi connectivity index (χ4v) is 2.36. The first-order valence-electron chi connectivity index (χ1n) is 7.82. The quantitative estimate of drug-likeness (QED) is 0.726. The van der Waals surface area contributed by atoms with Gasteiger partial charge in [-0.05, 0) is 30.5 Å². The number of aryl methyl sites for hydroxylation is 2. The maximum Gasteiger partial charge on any atom is 0.339 e. The van der Waals surface area contributed by atoms with E-state index in [1.54, 1.807) is 14.0 Å². The summed E-state index contributed by atoms with van der Waals surface area (Å²) in [7, 11) is 1.62. The van der Waals surface area contributed by atoms with E-state index in [1.807, 2.05) is 24.3 Å². The van der Waals surface area contributed by atoms with Crippen LogP contribution in [0, 0.1) is 0 Å². The lowest BCUT2D eigenvalue weighted by atomic mass is 10.1. The monoisotopic (exact) mass is 331 g/mol. The van der Waals surface area contributed by atoms with Crippen molar-refractivity contribution in [1.82, 2.24) is 5.32 Å². The summed E-state index contributed by atoms with van der Waals surface area (Å²) in [6, 6.07) is 9.05. The first-order valence-corrected chi connectivity index (χ1v) is 7.82. The maximum atomic E-state index is 12.0. The highest BCUT2D eigenvalue weighted by Gasteiger charge is 2.19. The molecule has 6 heteroatoms. The molecule has 1 heterocycles. The molecule has 0 aliphatic carbocycles. The number of rotatable bonds is 8. The third-order valence-corrected chi connectivity index (χ3v) is 3.67. The Balaban J connectivity index is 1.83. The van der Waals surface area contributed by atoms with Crippen molar-refractivity contribution in [3.05, 3.63) is 53.0 Å². The summed E-state index contributed by atoms with van der Waals surface area (Å²) in [5.74, 6) is -0.327. The predicted molar refractivity (Wildman–Crippen MR) is 88.7 cm³/mol. The number of carbonyl (C=O) groups is 2. The molecule has 0 atom stereocenters. The van der Waals surface area contributed by atoms with Gasteiger partial charge in [-0.15, -0.1) is 0 Å². The highest BCUT2D eigenvalue weighted by molar-refractivity contribution is 5.96. The van der Waals surface area contributed by atoms with Gasteiger partial charge in [0.25, 0.3) is 5.91 Å². The third-order valence-electron chi connectivity index (χ3n) is 3.67. The summed E-state index contributed by atoms with van der Waals surface area (Å²) in [6.07, 6.45) is 2.01. The van der Waals surface area contributed by atoms with Gasteiger partial charge in [0.15, 0.2) is 5.76 Å². The van der Waals surface area contributed by atoms with Crippen molar-refractivity contribution >= 4 is 11.9 Å². The van der Waals surface area contributed by atoms with E-state index in [-0.39, 0.29) is 11.3 Å². The zero-order valence-corrected chi connectivity index (χ0v) is 13.8. The first kappa shape index (κ1) is 17.6. The number of carboxylic acid groups (broad SMARTS) is 1. The molecular weight excluding hydrogens is 310 g/mol. The van der Waals surface area contributed by atoms with Gasteiger partial charge in [0.2, 0.25) is 0 Å². The lowest BCUT2D eigenvalue weighted by Crippen LogP contribution is -2.24. The Bertz CT molecular complexity index is 703. The second kappa shape index (κ2) is 8.19. The summed E-state index contributed by atoms with van der Waals surface area (Å²) in [5, 5.41) is 11.8. The topological polar surface area (TPSA) is 88.8 Å². The van der Waals surface area contributed by atoms with Gasteiger partial charge in [-0.2, -0.15) is 0 Å². The number of aromatic carboxylic acids is 1. The van der Waals surface area contributed by atoms with Crippen LogP contribution in [0.3, 0.4) is 0 Å². The molecule has 0 bridgehead atoms. The van der Waals surface area contributed by atoms with Crippen molar-refractivity contribution in [2.45, 2.75) is 26.2 Å². The number of carboxylic acids is 1. The van der Waals surface area contributed by atoms with Crippen LogP contribution in [0.15, 0.2) is 34.7 Å². The van der Waals surface area contributed by atoms with Crippen LogP contribution in [0.4, 0.5) is 0 Å². The summed E-state index contributed by atoms with van der Waals surface area (Å²) < 4.78 is 10.4. The van der Waals surface area contributed by atoms with Crippen molar-refractivity contribution in [2.24, 2.45) is 0 Å². The summed E-state index contributed by atoms with van der Waals surface area (Å²) in [5.41, 5.74) is 1.20. The summed E-state index contributed by atoms with van der Waals surface area (Å²) >= 11 is 0. The molecule has 1 aromatic carbocycles. The molecule has 1 amide bonds. The first-order chi connectivity index (χ1) is 11.5. The molecule has 2 aromatic rings. The molecule has 0 radical (unpaired) electrons. The normalized spacial score (nSPS) is 10.4. The fourth-order valence-electron chi connectivity index (χ4n) is 2.36. The smallest absolute Gasteiger partial charge is 0.339 e. The molecule has 0 aliphatic heterocycles. The van der Waals surface area contributed by atoms with Gasteiger partial charge in [0.1, 0.15) is 17.1 Å². The van der Waals surface area contributed by atoms with Crippen molar-refractivity contribution in [2.75, 3.05) is 13.7 Å². The lowest BCUT2D eigenvalue weighted by molar-refractivity contribution is 0.0694. The Kier molecular flexibility index (Phi) is 6.01. The van der Waals surface area contributed by atoms with E-state index < -0.39 is 11.9 Å². The molecule has 24 heavy (non-hydrogen) atoms. The SMILES string of the molecule is CCc1oc(C(=O)NCCCc2ccc(OC)cc2)cc1C(=O)O. The number of amides is 1. The Morgan fingerprint density at radius 2 is 1.96 bits per heavy atom. The van der Waals surface area contributed by atoms with E-state index in [9.17, 15) is 9.59 Å². The number of methoxy groups -OCH3 is 1. The molecular formula is C18H21NO5. The van der Waals surface area contributed by atoms with Gasteiger partial charge in [0.05, 0.1) is 7.11 Å². The highest BCUT2D eigenvalue weighted by atomic mass is 16.5. The van der Waals surface area contributed by atoms with E-state index in [0.717, 1.165) is 24.2 Å². The number of hydrogen-bond acceptors (Lipinski definition) is 4. The molecule has 0 fully saturated rings. The average Bonchev–Trinajstić information content (AvgIpc) is 3.04. The van der Waals surface area contributed by atoms with Gasteiger partial charge in [-0.1, -0.05) is 19.1 Å². The third kappa shape index (κ3) is 4.38. The molecule has 2 N–H and O–H groups in total. The standard InChI is InChI=1S/C18H21NO5/c1-3-15-14(18(21)22)11-16(24-15)17(20)19-10-4-5-12-6-8-13(23-2)9-7-12/h6-9,11H,3-5,10H2,1-2H3,(H,19,20)(H,21,22). The molecule has 0 spiro atoms. The van der Waals surface area contributed by atoms with E-state index in [1.165, 1.54) is 6.07 Å². The Labute approximate surface area is 140 Å². The van der Waals surface area contributed by atoms with Crippen molar-refractivity contribution in [1.29, 1.82) is 0 Å². The number of furan rings is 1. The predicted octanol–water partition coefficient (Wildman–Crippen LogP) is 2.91. The van der Waals surface area contributed by atoms with Crippen molar-refractivity contribution < 1.29 is 23.8 Å². The Morgan fingerprint density at radius 3 is 2.50 bits per heavy atom. The number of benzene rings is 1. The van der Waals surface area contributed by atoms with Crippen LogP contribution < -0.4 is 10.1 Å². The fraction of sp³-hybridized carbons (Fsp3) is 0.333. The van der Waals surface area contributed by atoms with E-state index in [0.29, 0.717) is 18.7 Å². The zero-order chi connectivity index (χ0) is 17.5. The van der Waals surface area contributed by atoms with Gasteiger partial charge in [-0.25, -0.2) is 4.79 Å². The van der Waals surface area contributed by atoms with Crippen molar-refractivity contribution in [3.8, 4) is 5.75 Å². The number of nitrogens with one attached hydrogen (secondary N) is 1. The minimum Gasteiger partial charge on any atom is -0.497 e. The molecule has 0 saturated heterocycles. The summed E-state index contributed by atoms with van der Waals surface area (Å²) in [6.45, 7) is 2.26. The van der Waals surface area contributed by atoms with Gasteiger partial charge >= 0.3 is 5.97 Å². The Hall–Kier alpha value is -2.76. The largest absolute Gasteiger partial charge is 0.497 e. The highest BCUT2D eigenvalue weighted by Crippen LogP contribution is 2.16. The second-order valence-electron chi connectivity index (χ2n) is 5.31.